The summed E-state index contributed by atoms with van der Waals surface area (Å²) in [6.07, 6.45) is 19.2. The molecule has 1 rings (SSSR count). The van der Waals surface area contributed by atoms with Crippen LogP contribution in [0.1, 0.15) is 110 Å². The molecule has 1 aliphatic carbocycles. The Labute approximate surface area is 144 Å². The van der Waals surface area contributed by atoms with Crippen molar-refractivity contribution in [3.8, 4) is 0 Å². The number of esters is 1. The maximum atomic E-state index is 11.2. The predicted octanol–water partition coefficient (Wildman–Crippen LogP) is 6.73. The monoisotopic (exact) mass is 322 g/mol. The highest BCUT2D eigenvalue weighted by molar-refractivity contribution is 5.69. The third-order valence-corrected chi connectivity index (χ3v) is 4.80. The summed E-state index contributed by atoms with van der Waals surface area (Å²) in [4.78, 5) is 11.2. The Kier molecular flexibility index (Phi) is 12.0. The first kappa shape index (κ1) is 20.3. The average Bonchev–Trinajstić information content (AvgIpc) is 3.28. The van der Waals surface area contributed by atoms with Gasteiger partial charge < -0.3 is 4.74 Å². The third kappa shape index (κ3) is 11.4. The molecule has 0 unspecified atom stereocenters. The molecule has 0 aromatic rings. The van der Waals surface area contributed by atoms with E-state index >= 15 is 0 Å². The van der Waals surface area contributed by atoms with Gasteiger partial charge in [-0.1, -0.05) is 69.4 Å². The lowest BCUT2D eigenvalue weighted by Crippen LogP contribution is -2.03. The van der Waals surface area contributed by atoms with E-state index in [0.29, 0.717) is 13.0 Å². The van der Waals surface area contributed by atoms with Crippen molar-refractivity contribution in [1.82, 2.24) is 0 Å². The summed E-state index contributed by atoms with van der Waals surface area (Å²) >= 11 is 0. The Hall–Kier alpha value is -0.790. The van der Waals surface area contributed by atoms with Crippen LogP contribution in [0.4, 0.5) is 0 Å². The highest BCUT2D eigenvalue weighted by Crippen LogP contribution is 2.38. The van der Waals surface area contributed by atoms with Gasteiger partial charge in [0.1, 0.15) is 0 Å². The van der Waals surface area contributed by atoms with Gasteiger partial charge in [-0.25, -0.2) is 0 Å². The van der Waals surface area contributed by atoms with Crippen molar-refractivity contribution in [2.75, 3.05) is 6.61 Å². The number of rotatable bonds is 16. The van der Waals surface area contributed by atoms with E-state index in [9.17, 15) is 4.79 Å². The predicted molar refractivity (Wildman–Crippen MR) is 98.6 cm³/mol. The summed E-state index contributed by atoms with van der Waals surface area (Å²) < 4.78 is 4.94. The number of hydrogen-bond donors (Lipinski definition) is 0. The van der Waals surface area contributed by atoms with Crippen molar-refractivity contribution in [3.63, 3.8) is 0 Å². The smallest absolute Gasteiger partial charge is 0.305 e. The number of unbranched alkanes of at least 4 members (excludes halogenated alkanes) is 9. The van der Waals surface area contributed by atoms with Gasteiger partial charge in [-0.05, 0) is 45.4 Å². The van der Waals surface area contributed by atoms with Crippen molar-refractivity contribution in [2.24, 2.45) is 0 Å². The van der Waals surface area contributed by atoms with Crippen molar-refractivity contribution >= 4 is 5.97 Å². The van der Waals surface area contributed by atoms with E-state index in [1.165, 1.54) is 83.5 Å². The molecule has 0 fully saturated rings. The Morgan fingerprint density at radius 1 is 0.783 bits per heavy atom. The summed E-state index contributed by atoms with van der Waals surface area (Å²) in [6, 6.07) is 0. The molecule has 0 heterocycles. The first-order valence-corrected chi connectivity index (χ1v) is 10.1. The van der Waals surface area contributed by atoms with Crippen LogP contribution in [0.2, 0.25) is 0 Å². The Bertz CT molecular complexity index is 344. The second-order valence-electron chi connectivity index (χ2n) is 6.97. The highest BCUT2D eigenvalue weighted by atomic mass is 16.5. The van der Waals surface area contributed by atoms with Crippen LogP contribution in [0, 0.1) is 0 Å². The molecule has 0 aliphatic heterocycles. The number of carbonyl (C=O) groups is 1. The Morgan fingerprint density at radius 3 is 1.87 bits per heavy atom. The molecule has 0 saturated carbocycles. The number of hydrogen-bond acceptors (Lipinski definition) is 2. The normalized spacial score (nSPS) is 13.5. The minimum Gasteiger partial charge on any atom is -0.466 e. The molecule has 23 heavy (non-hydrogen) atoms. The second kappa shape index (κ2) is 13.6. The minimum absolute atomic E-state index is 0.0324. The molecule has 0 radical (unpaired) electrons. The number of ether oxygens (including phenoxy) is 1. The lowest BCUT2D eigenvalue weighted by Gasteiger charge is -2.01. The summed E-state index contributed by atoms with van der Waals surface area (Å²) in [5.74, 6) is -0.0324. The first-order chi connectivity index (χ1) is 11.3. The lowest BCUT2D eigenvalue weighted by molar-refractivity contribution is -0.143. The molecule has 0 atom stereocenters. The summed E-state index contributed by atoms with van der Waals surface area (Å²) in [7, 11) is 0. The molecule has 134 valence electrons. The van der Waals surface area contributed by atoms with E-state index < -0.39 is 0 Å². The van der Waals surface area contributed by atoms with Gasteiger partial charge in [-0.2, -0.15) is 0 Å². The van der Waals surface area contributed by atoms with Crippen LogP contribution in [0.15, 0.2) is 11.1 Å². The van der Waals surface area contributed by atoms with E-state index in [2.05, 4.69) is 6.92 Å². The van der Waals surface area contributed by atoms with Crippen LogP contribution >= 0.6 is 0 Å². The van der Waals surface area contributed by atoms with Crippen LogP contribution in [0.25, 0.3) is 0 Å². The summed E-state index contributed by atoms with van der Waals surface area (Å²) in [6.45, 7) is 4.65. The minimum atomic E-state index is -0.0324. The molecular weight excluding hydrogens is 284 g/mol. The van der Waals surface area contributed by atoms with Crippen LogP contribution in [0.5, 0.6) is 0 Å². The van der Waals surface area contributed by atoms with Crippen molar-refractivity contribution in [2.45, 2.75) is 110 Å². The molecule has 0 saturated heterocycles. The zero-order valence-electron chi connectivity index (χ0n) is 15.6. The van der Waals surface area contributed by atoms with E-state index in [-0.39, 0.29) is 5.97 Å². The van der Waals surface area contributed by atoms with Gasteiger partial charge in [0.05, 0.1) is 6.61 Å². The maximum absolute atomic E-state index is 11.2. The highest BCUT2D eigenvalue weighted by Gasteiger charge is 2.19. The molecule has 0 amide bonds. The summed E-state index contributed by atoms with van der Waals surface area (Å²) in [5, 5.41) is 0. The largest absolute Gasteiger partial charge is 0.466 e. The quantitative estimate of drug-likeness (QED) is 0.179. The fraction of sp³-hybridized carbons (Fsp3) is 0.857. The molecule has 0 spiro atoms. The van der Waals surface area contributed by atoms with Gasteiger partial charge in [-0.3, -0.25) is 4.79 Å². The van der Waals surface area contributed by atoms with E-state index in [1.54, 1.807) is 11.1 Å². The molecule has 0 N–H and O–H groups in total. The van der Waals surface area contributed by atoms with Crippen LogP contribution in [-0.2, 0) is 9.53 Å². The number of allylic oxidation sites excluding steroid dienone is 2. The van der Waals surface area contributed by atoms with Crippen molar-refractivity contribution in [3.05, 3.63) is 11.1 Å². The molecule has 0 aromatic carbocycles. The van der Waals surface area contributed by atoms with E-state index in [4.69, 9.17) is 4.74 Å². The molecule has 2 heteroatoms. The van der Waals surface area contributed by atoms with E-state index in [0.717, 1.165) is 6.42 Å². The van der Waals surface area contributed by atoms with Gasteiger partial charge in [0.25, 0.3) is 0 Å². The fourth-order valence-corrected chi connectivity index (χ4v) is 3.23. The molecule has 2 nitrogen and oxygen atoms in total. The topological polar surface area (TPSA) is 26.3 Å². The van der Waals surface area contributed by atoms with Crippen LogP contribution in [0.3, 0.4) is 0 Å². The summed E-state index contributed by atoms with van der Waals surface area (Å²) in [5.41, 5.74) is 3.55. The Balaban J connectivity index is 1.84. The van der Waals surface area contributed by atoms with E-state index in [1.807, 2.05) is 6.92 Å². The SMILES string of the molecule is CCCCCCCCC1=C(CCCCCCCC(=O)OCC)C1. The first-order valence-electron chi connectivity index (χ1n) is 10.1. The van der Waals surface area contributed by atoms with Crippen LogP contribution in [-0.4, -0.2) is 12.6 Å². The number of carbonyl (C=O) groups excluding carboxylic acids is 1. The second-order valence-corrected chi connectivity index (χ2v) is 6.97. The van der Waals surface area contributed by atoms with Gasteiger partial charge in [0.2, 0.25) is 0 Å². The zero-order chi connectivity index (χ0) is 16.8. The maximum Gasteiger partial charge on any atom is 0.305 e. The Morgan fingerprint density at radius 2 is 1.30 bits per heavy atom. The van der Waals surface area contributed by atoms with Gasteiger partial charge in [0.15, 0.2) is 0 Å². The van der Waals surface area contributed by atoms with Gasteiger partial charge in [-0.15, -0.1) is 0 Å². The van der Waals surface area contributed by atoms with Gasteiger partial charge in [0, 0.05) is 6.42 Å². The van der Waals surface area contributed by atoms with Crippen LogP contribution < -0.4 is 0 Å². The third-order valence-electron chi connectivity index (χ3n) is 4.80. The zero-order valence-corrected chi connectivity index (χ0v) is 15.6. The molecule has 1 aliphatic rings. The average molecular weight is 323 g/mol. The van der Waals surface area contributed by atoms with Gasteiger partial charge >= 0.3 is 5.97 Å². The molecular formula is C21H38O2. The molecule has 0 bridgehead atoms. The lowest BCUT2D eigenvalue weighted by atomic mass is 10.1. The standard InChI is InChI=1S/C21H38O2/c1-3-5-6-7-9-12-15-19-18-20(19)16-13-10-8-11-14-17-21(22)23-4-2/h3-18H2,1-2H3. The fourth-order valence-electron chi connectivity index (χ4n) is 3.23. The van der Waals surface area contributed by atoms with Crippen molar-refractivity contribution < 1.29 is 9.53 Å². The molecule has 0 aromatic heterocycles. The van der Waals surface area contributed by atoms with Crippen molar-refractivity contribution in [1.29, 1.82) is 0 Å².